The van der Waals surface area contributed by atoms with E-state index in [1.54, 1.807) is 35.2 Å². The fourth-order valence-electron chi connectivity index (χ4n) is 1.98. The van der Waals surface area contributed by atoms with Gasteiger partial charge in [-0.3, -0.25) is 4.79 Å². The number of carbonyl (C=O) groups is 2. The molecule has 1 heterocycles. The van der Waals surface area contributed by atoms with Crippen LogP contribution in [0, 0.1) is 0 Å². The first-order chi connectivity index (χ1) is 9.65. The molecule has 1 aliphatic rings. The number of hydrogen-bond donors (Lipinski definition) is 0. The average Bonchev–Trinajstić information content (AvgIpc) is 2.98. The Hall–Kier alpha value is -1.81. The van der Waals surface area contributed by atoms with Crippen molar-refractivity contribution in [2.75, 3.05) is 19.7 Å². The van der Waals surface area contributed by atoms with Crippen molar-refractivity contribution in [2.45, 2.75) is 12.8 Å². The van der Waals surface area contributed by atoms with Crippen LogP contribution in [-0.2, 0) is 14.3 Å². The van der Waals surface area contributed by atoms with E-state index in [4.69, 9.17) is 16.3 Å². The van der Waals surface area contributed by atoms with Crippen molar-refractivity contribution in [1.82, 2.24) is 4.90 Å². The van der Waals surface area contributed by atoms with Gasteiger partial charge in [0.2, 0.25) is 0 Å². The zero-order valence-corrected chi connectivity index (χ0v) is 11.8. The number of amides is 1. The van der Waals surface area contributed by atoms with E-state index in [0.29, 0.717) is 5.02 Å². The SMILES string of the molecule is O=C(C=Cc1ccc(Cl)cc1)OCC(=O)N1CCCC1. The Morgan fingerprint density at radius 2 is 1.85 bits per heavy atom. The molecule has 106 valence electrons. The maximum absolute atomic E-state index is 11.7. The maximum Gasteiger partial charge on any atom is 0.331 e. The van der Waals surface area contributed by atoms with Crippen LogP contribution in [0.1, 0.15) is 18.4 Å². The van der Waals surface area contributed by atoms with Gasteiger partial charge in [-0.1, -0.05) is 23.7 Å². The number of halogens is 1. The Balaban J connectivity index is 1.77. The minimum Gasteiger partial charge on any atom is -0.452 e. The van der Waals surface area contributed by atoms with Crippen molar-refractivity contribution < 1.29 is 14.3 Å². The van der Waals surface area contributed by atoms with Crippen molar-refractivity contribution in [3.8, 4) is 0 Å². The number of esters is 1. The van der Waals surface area contributed by atoms with E-state index in [0.717, 1.165) is 31.5 Å². The number of benzene rings is 1. The van der Waals surface area contributed by atoms with Gasteiger partial charge in [0, 0.05) is 24.2 Å². The molecule has 1 amide bonds. The standard InChI is InChI=1S/C15H16ClNO3/c16-13-6-3-12(4-7-13)5-8-15(19)20-11-14(18)17-9-1-2-10-17/h3-8H,1-2,9-11H2. The molecule has 0 spiro atoms. The summed E-state index contributed by atoms with van der Waals surface area (Å²) < 4.78 is 4.92. The van der Waals surface area contributed by atoms with Gasteiger partial charge in [-0.2, -0.15) is 0 Å². The molecule has 1 fully saturated rings. The Bertz CT molecular complexity index is 504. The number of rotatable bonds is 4. The molecule has 0 atom stereocenters. The Morgan fingerprint density at radius 3 is 2.50 bits per heavy atom. The second-order valence-corrected chi connectivity index (χ2v) is 5.02. The van der Waals surface area contributed by atoms with Crippen molar-refractivity contribution in [2.24, 2.45) is 0 Å². The van der Waals surface area contributed by atoms with Crippen molar-refractivity contribution in [3.05, 3.63) is 40.9 Å². The predicted molar refractivity (Wildman–Crippen MR) is 77.3 cm³/mol. The topological polar surface area (TPSA) is 46.6 Å². The highest BCUT2D eigenvalue weighted by atomic mass is 35.5. The minimum absolute atomic E-state index is 0.129. The fourth-order valence-corrected chi connectivity index (χ4v) is 2.10. The number of carbonyl (C=O) groups excluding carboxylic acids is 2. The van der Waals surface area contributed by atoms with Crippen LogP contribution in [0.2, 0.25) is 5.02 Å². The summed E-state index contributed by atoms with van der Waals surface area (Å²) in [6, 6.07) is 7.07. The van der Waals surface area contributed by atoms with Crippen LogP contribution in [0.4, 0.5) is 0 Å². The molecule has 0 saturated carbocycles. The lowest BCUT2D eigenvalue weighted by Gasteiger charge is -2.14. The highest BCUT2D eigenvalue weighted by Crippen LogP contribution is 2.11. The fraction of sp³-hybridized carbons (Fsp3) is 0.333. The van der Waals surface area contributed by atoms with E-state index < -0.39 is 5.97 Å². The number of nitrogens with zero attached hydrogens (tertiary/aromatic N) is 1. The molecule has 0 aromatic heterocycles. The first-order valence-corrected chi connectivity index (χ1v) is 6.91. The van der Waals surface area contributed by atoms with Crippen LogP contribution in [0.15, 0.2) is 30.3 Å². The smallest absolute Gasteiger partial charge is 0.331 e. The first-order valence-electron chi connectivity index (χ1n) is 6.53. The van der Waals surface area contributed by atoms with Gasteiger partial charge in [0.1, 0.15) is 0 Å². The van der Waals surface area contributed by atoms with E-state index in [1.807, 2.05) is 0 Å². The molecule has 2 rings (SSSR count). The lowest BCUT2D eigenvalue weighted by Crippen LogP contribution is -2.31. The lowest BCUT2D eigenvalue weighted by atomic mass is 10.2. The van der Waals surface area contributed by atoms with E-state index in [9.17, 15) is 9.59 Å². The van der Waals surface area contributed by atoms with Crippen molar-refractivity contribution >= 4 is 29.6 Å². The van der Waals surface area contributed by atoms with E-state index in [1.165, 1.54) is 6.08 Å². The Labute approximate surface area is 123 Å². The second kappa shape index (κ2) is 7.10. The zero-order chi connectivity index (χ0) is 14.4. The summed E-state index contributed by atoms with van der Waals surface area (Å²) in [6.07, 6.45) is 4.98. The van der Waals surface area contributed by atoms with Crippen LogP contribution in [0.3, 0.4) is 0 Å². The highest BCUT2D eigenvalue weighted by Gasteiger charge is 2.18. The van der Waals surface area contributed by atoms with E-state index >= 15 is 0 Å². The molecule has 0 aliphatic carbocycles. The molecule has 0 radical (unpaired) electrons. The van der Waals surface area contributed by atoms with Crippen LogP contribution >= 0.6 is 11.6 Å². The number of hydrogen-bond acceptors (Lipinski definition) is 3. The third kappa shape index (κ3) is 4.38. The maximum atomic E-state index is 11.7. The summed E-state index contributed by atoms with van der Waals surface area (Å²) in [5.74, 6) is -0.650. The van der Waals surface area contributed by atoms with E-state index in [-0.39, 0.29) is 12.5 Å². The number of ether oxygens (including phenoxy) is 1. The molecule has 0 unspecified atom stereocenters. The third-order valence-corrected chi connectivity index (χ3v) is 3.33. The highest BCUT2D eigenvalue weighted by molar-refractivity contribution is 6.30. The Morgan fingerprint density at radius 1 is 1.20 bits per heavy atom. The van der Waals surface area contributed by atoms with Gasteiger partial charge in [0.15, 0.2) is 6.61 Å². The lowest BCUT2D eigenvalue weighted by molar-refractivity contribution is -0.147. The van der Waals surface area contributed by atoms with Gasteiger partial charge >= 0.3 is 5.97 Å². The van der Waals surface area contributed by atoms with E-state index in [2.05, 4.69) is 0 Å². The molecule has 0 N–H and O–H groups in total. The summed E-state index contributed by atoms with van der Waals surface area (Å²) in [7, 11) is 0. The quantitative estimate of drug-likeness (QED) is 0.633. The van der Waals surface area contributed by atoms with Crippen LogP contribution in [-0.4, -0.2) is 36.5 Å². The molecule has 0 bridgehead atoms. The molecule has 4 nitrogen and oxygen atoms in total. The van der Waals surface area contributed by atoms with Crippen LogP contribution < -0.4 is 0 Å². The van der Waals surface area contributed by atoms with Gasteiger partial charge in [-0.25, -0.2) is 4.79 Å². The molecule has 1 saturated heterocycles. The normalized spacial score (nSPS) is 14.8. The first kappa shape index (κ1) is 14.6. The van der Waals surface area contributed by atoms with Gasteiger partial charge in [-0.05, 0) is 36.6 Å². The monoisotopic (exact) mass is 293 g/mol. The Kier molecular flexibility index (Phi) is 5.18. The summed E-state index contributed by atoms with van der Waals surface area (Å²) in [4.78, 5) is 24.9. The van der Waals surface area contributed by atoms with Crippen LogP contribution in [0.5, 0.6) is 0 Å². The van der Waals surface area contributed by atoms with Crippen molar-refractivity contribution in [3.63, 3.8) is 0 Å². The van der Waals surface area contributed by atoms with Gasteiger partial charge in [-0.15, -0.1) is 0 Å². The summed E-state index contributed by atoms with van der Waals surface area (Å²) in [6.45, 7) is 1.33. The molecule has 1 aliphatic heterocycles. The van der Waals surface area contributed by atoms with Gasteiger partial charge in [0.05, 0.1) is 0 Å². The van der Waals surface area contributed by atoms with Crippen LogP contribution in [0.25, 0.3) is 6.08 Å². The second-order valence-electron chi connectivity index (χ2n) is 4.58. The predicted octanol–water partition coefficient (Wildman–Crippen LogP) is 2.52. The third-order valence-electron chi connectivity index (χ3n) is 3.08. The molecule has 1 aromatic carbocycles. The van der Waals surface area contributed by atoms with Gasteiger partial charge in [0.25, 0.3) is 5.91 Å². The molecule has 20 heavy (non-hydrogen) atoms. The van der Waals surface area contributed by atoms with Gasteiger partial charge < -0.3 is 9.64 Å². The zero-order valence-electron chi connectivity index (χ0n) is 11.0. The molecule has 5 heteroatoms. The molecule has 1 aromatic rings. The largest absolute Gasteiger partial charge is 0.452 e. The minimum atomic E-state index is -0.521. The summed E-state index contributed by atoms with van der Waals surface area (Å²) in [5, 5.41) is 0.640. The number of likely N-dealkylation sites (tertiary alicyclic amines) is 1. The summed E-state index contributed by atoms with van der Waals surface area (Å²) in [5.41, 5.74) is 0.845. The summed E-state index contributed by atoms with van der Waals surface area (Å²) >= 11 is 5.76. The average molecular weight is 294 g/mol. The van der Waals surface area contributed by atoms with Crippen molar-refractivity contribution in [1.29, 1.82) is 0 Å². The molecular weight excluding hydrogens is 278 g/mol. The molecular formula is C15H16ClNO3.